The van der Waals surface area contributed by atoms with Crippen LogP contribution in [0.15, 0.2) is 6.07 Å². The number of nitrogens with two attached hydrogens (primary N) is 1. The number of aromatic nitrogens is 2. The molecule has 0 aromatic carbocycles. The monoisotopic (exact) mass is 252 g/mol. The lowest BCUT2D eigenvalue weighted by atomic mass is 9.98. The van der Waals surface area contributed by atoms with E-state index in [0.29, 0.717) is 5.15 Å². The number of rotatable bonds is 5. The number of nitrogens with zero attached hydrogens (tertiary/aromatic N) is 2. The van der Waals surface area contributed by atoms with Crippen molar-refractivity contribution in [3.8, 4) is 0 Å². The molecular formula is C12H17ClN4. The highest BCUT2D eigenvalue weighted by Gasteiger charge is 2.41. The summed E-state index contributed by atoms with van der Waals surface area (Å²) >= 11 is 5.84. The summed E-state index contributed by atoms with van der Waals surface area (Å²) in [4.78, 5) is 7.98. The molecule has 2 saturated carbocycles. The quantitative estimate of drug-likeness (QED) is 0.791. The Labute approximate surface area is 106 Å². The van der Waals surface area contributed by atoms with Gasteiger partial charge in [-0.05, 0) is 43.4 Å². The van der Waals surface area contributed by atoms with E-state index < -0.39 is 0 Å². The van der Waals surface area contributed by atoms with Crippen LogP contribution in [-0.2, 0) is 0 Å². The second kappa shape index (κ2) is 4.33. The summed E-state index contributed by atoms with van der Waals surface area (Å²) < 4.78 is 0. The van der Waals surface area contributed by atoms with Gasteiger partial charge in [-0.1, -0.05) is 11.6 Å². The molecule has 0 unspecified atom stereocenters. The Morgan fingerprint density at radius 2 is 1.94 bits per heavy atom. The average Bonchev–Trinajstić information content (AvgIpc) is 3.12. The van der Waals surface area contributed by atoms with Crippen LogP contribution in [-0.4, -0.2) is 16.5 Å². The van der Waals surface area contributed by atoms with Gasteiger partial charge in [-0.15, -0.1) is 0 Å². The van der Waals surface area contributed by atoms with E-state index in [-0.39, 0.29) is 5.95 Å². The van der Waals surface area contributed by atoms with Crippen molar-refractivity contribution in [1.29, 1.82) is 0 Å². The van der Waals surface area contributed by atoms with Crippen molar-refractivity contribution in [1.82, 2.24) is 9.97 Å². The molecule has 3 N–H and O–H groups in total. The van der Waals surface area contributed by atoms with E-state index in [1.807, 2.05) is 0 Å². The maximum absolute atomic E-state index is 5.84. The smallest absolute Gasteiger partial charge is 0.223 e. The summed E-state index contributed by atoms with van der Waals surface area (Å²) in [7, 11) is 0. The van der Waals surface area contributed by atoms with Gasteiger partial charge in [0.1, 0.15) is 11.0 Å². The van der Waals surface area contributed by atoms with Crippen LogP contribution < -0.4 is 11.1 Å². The summed E-state index contributed by atoms with van der Waals surface area (Å²) in [5.74, 6) is 3.66. The lowest BCUT2D eigenvalue weighted by Gasteiger charge is -2.16. The third kappa shape index (κ3) is 2.80. The normalized spacial score (nSPS) is 19.6. The molecule has 0 amide bonds. The molecule has 0 atom stereocenters. The molecular weight excluding hydrogens is 236 g/mol. The Morgan fingerprint density at radius 3 is 2.47 bits per heavy atom. The SMILES string of the molecule is Nc1nc(Cl)cc(NCC(C2CC2)C2CC2)n1. The molecule has 0 bridgehead atoms. The van der Waals surface area contributed by atoms with Crippen molar-refractivity contribution in [2.24, 2.45) is 17.8 Å². The molecule has 5 heteroatoms. The average molecular weight is 253 g/mol. The van der Waals surface area contributed by atoms with E-state index in [0.717, 1.165) is 30.1 Å². The molecule has 2 aliphatic rings. The van der Waals surface area contributed by atoms with Crippen molar-refractivity contribution in [3.63, 3.8) is 0 Å². The fourth-order valence-electron chi connectivity index (χ4n) is 2.52. The van der Waals surface area contributed by atoms with E-state index in [9.17, 15) is 0 Å². The zero-order valence-electron chi connectivity index (χ0n) is 9.69. The largest absolute Gasteiger partial charge is 0.370 e. The highest BCUT2D eigenvalue weighted by atomic mass is 35.5. The van der Waals surface area contributed by atoms with Gasteiger partial charge in [0.2, 0.25) is 5.95 Å². The van der Waals surface area contributed by atoms with Gasteiger partial charge in [-0.2, -0.15) is 4.98 Å². The summed E-state index contributed by atoms with van der Waals surface area (Å²) in [5.41, 5.74) is 5.56. The third-order valence-corrected chi connectivity index (χ3v) is 3.88. The van der Waals surface area contributed by atoms with Crippen molar-refractivity contribution >= 4 is 23.4 Å². The first-order chi connectivity index (χ1) is 8.22. The van der Waals surface area contributed by atoms with Crippen molar-refractivity contribution in [2.75, 3.05) is 17.6 Å². The van der Waals surface area contributed by atoms with Crippen LogP contribution in [0.1, 0.15) is 25.7 Å². The summed E-state index contributed by atoms with van der Waals surface area (Å²) in [6.45, 7) is 0.988. The Kier molecular flexibility index (Phi) is 2.82. The first-order valence-corrected chi connectivity index (χ1v) is 6.64. The Balaban J connectivity index is 1.61. The number of nitrogen functional groups attached to an aromatic ring is 1. The zero-order valence-corrected chi connectivity index (χ0v) is 10.5. The molecule has 1 aromatic rings. The summed E-state index contributed by atoms with van der Waals surface area (Å²) in [6, 6.07) is 1.73. The molecule has 2 aliphatic carbocycles. The summed E-state index contributed by atoms with van der Waals surface area (Å²) in [5, 5.41) is 3.75. The van der Waals surface area contributed by atoms with Gasteiger partial charge in [-0.25, -0.2) is 4.98 Å². The second-order valence-corrected chi connectivity index (χ2v) is 5.54. The van der Waals surface area contributed by atoms with Gasteiger partial charge in [-0.3, -0.25) is 0 Å². The van der Waals surface area contributed by atoms with Crippen LogP contribution in [0.3, 0.4) is 0 Å². The molecule has 0 spiro atoms. The van der Waals surface area contributed by atoms with E-state index in [1.165, 1.54) is 25.7 Å². The molecule has 92 valence electrons. The number of nitrogens with one attached hydrogen (secondary N) is 1. The zero-order chi connectivity index (χ0) is 11.8. The number of hydrogen-bond acceptors (Lipinski definition) is 4. The first-order valence-electron chi connectivity index (χ1n) is 6.26. The highest BCUT2D eigenvalue weighted by molar-refractivity contribution is 6.29. The minimum Gasteiger partial charge on any atom is -0.370 e. The lowest BCUT2D eigenvalue weighted by molar-refractivity contribution is 0.427. The molecule has 0 radical (unpaired) electrons. The fraction of sp³-hybridized carbons (Fsp3) is 0.667. The van der Waals surface area contributed by atoms with E-state index in [4.69, 9.17) is 17.3 Å². The molecule has 0 aliphatic heterocycles. The van der Waals surface area contributed by atoms with Gasteiger partial charge in [0.05, 0.1) is 0 Å². The van der Waals surface area contributed by atoms with Crippen LogP contribution in [0.25, 0.3) is 0 Å². The van der Waals surface area contributed by atoms with Gasteiger partial charge in [0, 0.05) is 12.6 Å². The maximum Gasteiger partial charge on any atom is 0.223 e. The molecule has 4 nitrogen and oxygen atoms in total. The standard InChI is InChI=1S/C12H17ClN4/c13-10-5-11(17-12(14)16-10)15-6-9(7-1-2-7)8-3-4-8/h5,7-9H,1-4,6H2,(H3,14,15,16,17). The summed E-state index contributed by atoms with van der Waals surface area (Å²) in [6.07, 6.45) is 5.59. The van der Waals surface area contributed by atoms with Gasteiger partial charge in [0.25, 0.3) is 0 Å². The molecule has 17 heavy (non-hydrogen) atoms. The fourth-order valence-corrected chi connectivity index (χ4v) is 2.71. The van der Waals surface area contributed by atoms with Gasteiger partial charge >= 0.3 is 0 Å². The number of halogens is 1. The van der Waals surface area contributed by atoms with E-state index in [1.54, 1.807) is 6.07 Å². The number of hydrogen-bond donors (Lipinski definition) is 2. The van der Waals surface area contributed by atoms with Crippen LogP contribution >= 0.6 is 11.6 Å². The van der Waals surface area contributed by atoms with Crippen molar-refractivity contribution < 1.29 is 0 Å². The number of anilines is 2. The van der Waals surface area contributed by atoms with Crippen LogP contribution in [0.2, 0.25) is 5.15 Å². The minimum absolute atomic E-state index is 0.231. The van der Waals surface area contributed by atoms with Gasteiger partial charge in [0.15, 0.2) is 0 Å². The van der Waals surface area contributed by atoms with Crippen LogP contribution in [0, 0.1) is 17.8 Å². The van der Waals surface area contributed by atoms with E-state index in [2.05, 4.69) is 15.3 Å². The minimum atomic E-state index is 0.231. The van der Waals surface area contributed by atoms with Crippen LogP contribution in [0.4, 0.5) is 11.8 Å². The molecule has 3 rings (SSSR count). The van der Waals surface area contributed by atoms with Crippen molar-refractivity contribution in [3.05, 3.63) is 11.2 Å². The molecule has 1 heterocycles. The Hall–Kier alpha value is -1.03. The van der Waals surface area contributed by atoms with E-state index >= 15 is 0 Å². The van der Waals surface area contributed by atoms with Crippen LogP contribution in [0.5, 0.6) is 0 Å². The Bertz CT molecular complexity index is 383. The topological polar surface area (TPSA) is 63.8 Å². The third-order valence-electron chi connectivity index (χ3n) is 3.69. The molecule has 0 saturated heterocycles. The van der Waals surface area contributed by atoms with Gasteiger partial charge < -0.3 is 11.1 Å². The maximum atomic E-state index is 5.84. The predicted molar refractivity (Wildman–Crippen MR) is 68.9 cm³/mol. The lowest BCUT2D eigenvalue weighted by Crippen LogP contribution is -2.19. The highest BCUT2D eigenvalue weighted by Crippen LogP contribution is 2.49. The predicted octanol–water partition coefficient (Wildman–Crippen LogP) is 2.56. The Morgan fingerprint density at radius 1 is 1.29 bits per heavy atom. The molecule has 1 aromatic heterocycles. The van der Waals surface area contributed by atoms with Crippen molar-refractivity contribution in [2.45, 2.75) is 25.7 Å². The molecule has 2 fully saturated rings. The first kappa shape index (κ1) is 11.1. The second-order valence-electron chi connectivity index (χ2n) is 5.15.